The van der Waals surface area contributed by atoms with Gasteiger partial charge in [0.15, 0.2) is 0 Å². The van der Waals surface area contributed by atoms with E-state index < -0.39 is 11.9 Å². The molecular formula is C32H41N3O6. The molecule has 1 aromatic heterocycles. The maximum Gasteiger partial charge on any atom is 0.335 e. The van der Waals surface area contributed by atoms with Crippen molar-refractivity contribution in [2.24, 2.45) is 7.05 Å². The zero-order chi connectivity index (χ0) is 29.2. The van der Waals surface area contributed by atoms with Crippen LogP contribution in [0.2, 0.25) is 0 Å². The van der Waals surface area contributed by atoms with Gasteiger partial charge in [-0.25, -0.2) is 4.79 Å². The highest BCUT2D eigenvalue weighted by Crippen LogP contribution is 2.32. The number of ether oxygens (including phenoxy) is 3. The van der Waals surface area contributed by atoms with E-state index in [1.807, 2.05) is 50.2 Å². The molecule has 0 saturated heterocycles. The van der Waals surface area contributed by atoms with Crippen molar-refractivity contribution in [3.8, 4) is 29.2 Å². The molecule has 2 aromatic carbocycles. The zero-order valence-corrected chi connectivity index (χ0v) is 24.2. The summed E-state index contributed by atoms with van der Waals surface area (Å²) in [7, 11) is 1.52. The summed E-state index contributed by atoms with van der Waals surface area (Å²) in [5.74, 6) is 6.33. The number of aromatic nitrogens is 2. The minimum atomic E-state index is -0.620. The highest BCUT2D eigenvalue weighted by Gasteiger charge is 2.27. The first-order chi connectivity index (χ1) is 19.7. The molecule has 220 valence electrons. The number of aliphatic hydroxyl groups excluding tert-OH is 1. The molecule has 9 heteroatoms. The molecule has 0 fully saturated rings. The number of hydrogen-bond donors (Lipinski definition) is 3. The first kappa shape index (κ1) is 30.4. The van der Waals surface area contributed by atoms with E-state index in [-0.39, 0.29) is 11.6 Å². The van der Waals surface area contributed by atoms with Crippen molar-refractivity contribution in [3.05, 3.63) is 75.8 Å². The molecule has 41 heavy (non-hydrogen) atoms. The average Bonchev–Trinajstić information content (AvgIpc) is 3.22. The number of benzene rings is 2. The van der Waals surface area contributed by atoms with E-state index in [0.29, 0.717) is 38.5 Å². The van der Waals surface area contributed by atoms with Crippen LogP contribution in [0.15, 0.2) is 53.5 Å². The fourth-order valence-corrected chi connectivity index (χ4v) is 4.55. The van der Waals surface area contributed by atoms with E-state index >= 15 is 0 Å². The largest absolute Gasteiger partial charge is 0.493 e. The van der Waals surface area contributed by atoms with E-state index in [4.69, 9.17) is 14.2 Å². The van der Waals surface area contributed by atoms with Gasteiger partial charge in [-0.05, 0) is 55.3 Å². The number of rotatable bonds is 13. The second-order valence-corrected chi connectivity index (χ2v) is 10.7. The van der Waals surface area contributed by atoms with Crippen LogP contribution in [0, 0.1) is 11.8 Å². The smallest absolute Gasteiger partial charge is 0.335 e. The number of hydrogen-bond acceptors (Lipinski definition) is 7. The molecule has 1 atom stereocenters. The Labute approximate surface area is 241 Å². The third-order valence-corrected chi connectivity index (χ3v) is 6.94. The molecule has 0 radical (unpaired) electrons. The summed E-state index contributed by atoms with van der Waals surface area (Å²) in [6.45, 7) is 6.93. The monoisotopic (exact) mass is 563 g/mol. The lowest BCUT2D eigenvalue weighted by atomic mass is 10.0. The van der Waals surface area contributed by atoms with Gasteiger partial charge < -0.3 is 29.7 Å². The molecule has 2 heterocycles. The van der Waals surface area contributed by atoms with Crippen LogP contribution in [0.5, 0.6) is 11.6 Å². The van der Waals surface area contributed by atoms with Crippen LogP contribution >= 0.6 is 0 Å². The summed E-state index contributed by atoms with van der Waals surface area (Å²) in [6.07, 6.45) is 5.71. The Hall–Kier alpha value is -3.55. The van der Waals surface area contributed by atoms with Gasteiger partial charge in [0, 0.05) is 51.6 Å². The molecule has 9 nitrogen and oxygen atoms in total. The lowest BCUT2D eigenvalue weighted by Crippen LogP contribution is -2.35. The molecule has 0 aliphatic carbocycles. The summed E-state index contributed by atoms with van der Waals surface area (Å²) in [5, 5.41) is 23.6. The Morgan fingerprint density at radius 3 is 2.76 bits per heavy atom. The predicted octanol–water partition coefficient (Wildman–Crippen LogP) is 4.17. The van der Waals surface area contributed by atoms with E-state index in [1.165, 1.54) is 22.4 Å². The van der Waals surface area contributed by atoms with Crippen molar-refractivity contribution in [3.63, 3.8) is 0 Å². The first-order valence-corrected chi connectivity index (χ1v) is 14.2. The van der Waals surface area contributed by atoms with Crippen LogP contribution in [0.1, 0.15) is 68.7 Å². The topological polar surface area (TPSA) is 107 Å². The molecule has 0 spiro atoms. The van der Waals surface area contributed by atoms with Crippen LogP contribution in [-0.2, 0) is 23.1 Å². The quantitative estimate of drug-likeness (QED) is 0.212. The molecule has 0 saturated carbocycles. The maximum absolute atomic E-state index is 12.2. The number of imidazole rings is 1. The number of nitrogens with zero attached hydrogens (tertiary/aromatic N) is 2. The van der Waals surface area contributed by atoms with Crippen LogP contribution in [0.4, 0.5) is 0 Å². The maximum atomic E-state index is 12.2. The van der Waals surface area contributed by atoms with Gasteiger partial charge in [-0.15, -0.1) is 0 Å². The van der Waals surface area contributed by atoms with E-state index in [1.54, 1.807) is 6.07 Å². The van der Waals surface area contributed by atoms with Crippen LogP contribution in [0.3, 0.4) is 0 Å². The number of fused-ring (bicyclic) bond motifs is 1. The van der Waals surface area contributed by atoms with E-state index in [9.17, 15) is 15.0 Å². The van der Waals surface area contributed by atoms with Gasteiger partial charge in [0.05, 0.1) is 31.2 Å². The Morgan fingerprint density at radius 2 is 1.95 bits per heavy atom. The zero-order valence-electron chi connectivity index (χ0n) is 24.2. The van der Waals surface area contributed by atoms with Gasteiger partial charge in [0.25, 0.3) is 0 Å². The number of aromatic hydroxyl groups is 1. The first-order valence-electron chi connectivity index (χ1n) is 14.2. The number of unbranched alkanes of at least 4 members (excludes halogenated alkanes) is 3. The minimum absolute atomic E-state index is 0.0889. The minimum Gasteiger partial charge on any atom is -0.493 e. The average molecular weight is 564 g/mol. The summed E-state index contributed by atoms with van der Waals surface area (Å²) in [6, 6.07) is 13.1. The summed E-state index contributed by atoms with van der Waals surface area (Å²) in [4.78, 5) is 12.2. The Balaban J connectivity index is 1.03. The Bertz CT molecular complexity index is 1410. The summed E-state index contributed by atoms with van der Waals surface area (Å²) >= 11 is 0. The normalized spacial score (nSPS) is 14.5. The van der Waals surface area contributed by atoms with Gasteiger partial charge in [0.1, 0.15) is 5.75 Å². The molecule has 3 N–H and O–H groups in total. The highest BCUT2D eigenvalue weighted by molar-refractivity contribution is 5.44. The van der Waals surface area contributed by atoms with Gasteiger partial charge in [-0.1, -0.05) is 36.8 Å². The standard InChI is InChI=1S/C32H41N3O6/c1-32(2)40-23-26-20-25(14-15-29(26)41-32)28(36)21-33-16-7-4-5-8-17-39-18-9-6-11-24-12-10-13-27(19-24)35-22-30(37)34(3)31(35)38/h10,12-15,19-20,22,28,33,36-37H,4-5,7-9,16-18,21,23H2,1-3H3/t28-/m0/s1. The second-order valence-electron chi connectivity index (χ2n) is 10.7. The fourth-order valence-electron chi connectivity index (χ4n) is 4.55. The van der Waals surface area contributed by atoms with Crippen molar-refractivity contribution in [1.29, 1.82) is 0 Å². The lowest BCUT2D eigenvalue weighted by molar-refractivity contribution is -0.180. The molecule has 1 aliphatic rings. The van der Waals surface area contributed by atoms with Crippen LogP contribution in [-0.4, -0.2) is 51.4 Å². The Morgan fingerprint density at radius 1 is 1.12 bits per heavy atom. The number of nitrogens with one attached hydrogen (secondary N) is 1. The molecule has 3 aromatic rings. The van der Waals surface area contributed by atoms with Gasteiger partial charge in [0.2, 0.25) is 11.7 Å². The van der Waals surface area contributed by atoms with Crippen molar-refractivity contribution < 1.29 is 24.4 Å². The van der Waals surface area contributed by atoms with E-state index in [0.717, 1.165) is 54.7 Å². The molecule has 0 bridgehead atoms. The summed E-state index contributed by atoms with van der Waals surface area (Å²) < 4.78 is 19.8. The highest BCUT2D eigenvalue weighted by atomic mass is 16.7. The SMILES string of the molecule is Cn1c(O)cn(-c2cccc(C#CCCOCCCCCCNC[C@H](O)c3ccc4c(c3)COC(C)(C)O4)c2)c1=O. The molecule has 4 rings (SSSR count). The van der Waals surface area contributed by atoms with Gasteiger partial charge >= 0.3 is 5.69 Å². The van der Waals surface area contributed by atoms with Gasteiger partial charge in [-0.3, -0.25) is 9.13 Å². The van der Waals surface area contributed by atoms with Crippen LogP contribution in [0.25, 0.3) is 5.69 Å². The second kappa shape index (κ2) is 14.4. The molecular weight excluding hydrogens is 522 g/mol. The lowest BCUT2D eigenvalue weighted by Gasteiger charge is -2.33. The fraction of sp³-hybridized carbons (Fsp3) is 0.469. The number of aliphatic hydroxyl groups is 1. The van der Waals surface area contributed by atoms with E-state index in [2.05, 4.69) is 17.2 Å². The predicted molar refractivity (Wildman–Crippen MR) is 157 cm³/mol. The molecule has 0 amide bonds. The van der Waals surface area contributed by atoms with Crippen molar-refractivity contribution >= 4 is 0 Å². The molecule has 1 aliphatic heterocycles. The van der Waals surface area contributed by atoms with Crippen molar-refractivity contribution in [1.82, 2.24) is 14.5 Å². The third kappa shape index (κ3) is 8.72. The van der Waals surface area contributed by atoms with Crippen molar-refractivity contribution in [2.45, 2.75) is 64.4 Å². The van der Waals surface area contributed by atoms with Crippen LogP contribution < -0.4 is 15.7 Å². The molecule has 0 unspecified atom stereocenters. The Kier molecular flexibility index (Phi) is 10.7. The van der Waals surface area contributed by atoms with Crippen molar-refractivity contribution in [2.75, 3.05) is 26.3 Å². The summed E-state index contributed by atoms with van der Waals surface area (Å²) in [5.41, 5.74) is 2.97. The third-order valence-electron chi connectivity index (χ3n) is 6.94. The van der Waals surface area contributed by atoms with Gasteiger partial charge in [-0.2, -0.15) is 0 Å².